The Morgan fingerprint density at radius 3 is 2.85 bits per heavy atom. The predicted molar refractivity (Wildman–Crippen MR) is 52.0 cm³/mol. The molecule has 1 rings (SSSR count). The van der Waals surface area contributed by atoms with Crippen LogP contribution >= 0.6 is 0 Å². The Labute approximate surface area is 78.5 Å². The van der Waals surface area contributed by atoms with Gasteiger partial charge in [-0.25, -0.2) is 0 Å². The van der Waals surface area contributed by atoms with E-state index >= 15 is 0 Å². The molecule has 0 aromatic heterocycles. The molecule has 0 atom stereocenters. The van der Waals surface area contributed by atoms with Gasteiger partial charge in [0.05, 0.1) is 0 Å². The van der Waals surface area contributed by atoms with E-state index in [2.05, 4.69) is 6.92 Å². The number of benzene rings is 1. The van der Waals surface area contributed by atoms with E-state index in [-0.39, 0.29) is 12.4 Å². The van der Waals surface area contributed by atoms with Gasteiger partial charge in [0.2, 0.25) is 0 Å². The van der Waals surface area contributed by atoms with E-state index in [0.29, 0.717) is 0 Å². The van der Waals surface area contributed by atoms with Crippen LogP contribution in [0.25, 0.3) is 0 Å². The Morgan fingerprint density at radius 1 is 1.46 bits per heavy atom. The van der Waals surface area contributed by atoms with E-state index in [1.165, 1.54) is 12.5 Å². The molecule has 0 spiro atoms. The van der Waals surface area contributed by atoms with Gasteiger partial charge in [-0.15, -0.1) is 0 Å². The molecule has 0 saturated heterocycles. The fraction of sp³-hybridized carbons (Fsp3) is 0.364. The number of rotatable bonds is 4. The van der Waals surface area contributed by atoms with Crippen LogP contribution in [0, 0.1) is 0 Å². The molecule has 1 aromatic rings. The van der Waals surface area contributed by atoms with Crippen LogP contribution in [0.2, 0.25) is 0 Å². The molecule has 1 aromatic carbocycles. The molecule has 0 aliphatic carbocycles. The van der Waals surface area contributed by atoms with Crippen LogP contribution in [-0.4, -0.2) is 12.4 Å². The smallest absolute Gasteiger partial charge is 0.167 e. The first kappa shape index (κ1) is 9.78. The molecule has 2 heteroatoms. The zero-order chi connectivity index (χ0) is 9.68. The van der Waals surface area contributed by atoms with Crippen molar-refractivity contribution in [3.05, 3.63) is 29.8 Å². The highest BCUT2D eigenvalue weighted by Gasteiger charge is 1.97. The average Bonchev–Trinajstić information content (AvgIpc) is 2.15. The Morgan fingerprint density at radius 2 is 2.23 bits per heavy atom. The maximum atomic E-state index is 10.6. The van der Waals surface area contributed by atoms with Crippen molar-refractivity contribution in [3.8, 4) is 5.75 Å². The van der Waals surface area contributed by atoms with Crippen molar-refractivity contribution >= 4 is 5.78 Å². The lowest BCUT2D eigenvalue weighted by molar-refractivity contribution is -0.118. The molecular weight excluding hydrogens is 164 g/mol. The molecule has 70 valence electrons. The van der Waals surface area contributed by atoms with Gasteiger partial charge in [-0.1, -0.05) is 19.1 Å². The van der Waals surface area contributed by atoms with Crippen molar-refractivity contribution in [2.75, 3.05) is 6.61 Å². The molecule has 0 aliphatic rings. The third-order valence-electron chi connectivity index (χ3n) is 1.75. The molecule has 0 saturated carbocycles. The number of aryl methyl sites for hydroxylation is 1. The van der Waals surface area contributed by atoms with Crippen LogP contribution in [-0.2, 0) is 11.2 Å². The van der Waals surface area contributed by atoms with Crippen LogP contribution in [0.3, 0.4) is 0 Å². The van der Waals surface area contributed by atoms with Crippen LogP contribution < -0.4 is 4.74 Å². The maximum Gasteiger partial charge on any atom is 0.167 e. The molecule has 0 bridgehead atoms. The molecule has 13 heavy (non-hydrogen) atoms. The van der Waals surface area contributed by atoms with Crippen LogP contribution in [0.5, 0.6) is 5.75 Å². The average molecular weight is 178 g/mol. The summed E-state index contributed by atoms with van der Waals surface area (Å²) in [6.45, 7) is 3.76. The summed E-state index contributed by atoms with van der Waals surface area (Å²) >= 11 is 0. The standard InChI is InChI=1S/C11H14O2/c1-3-10-5-4-6-11(7-10)13-8-9(2)12/h4-7H,3,8H2,1-2H3. The maximum absolute atomic E-state index is 10.6. The summed E-state index contributed by atoms with van der Waals surface area (Å²) in [4.78, 5) is 10.6. The number of carbonyl (C=O) groups excluding carboxylic acids is 1. The van der Waals surface area contributed by atoms with Gasteiger partial charge in [0, 0.05) is 0 Å². The SMILES string of the molecule is CCc1cccc(OCC(C)=O)c1. The zero-order valence-corrected chi connectivity index (χ0v) is 8.04. The van der Waals surface area contributed by atoms with Crippen molar-refractivity contribution in [2.45, 2.75) is 20.3 Å². The Balaban J connectivity index is 2.61. The minimum Gasteiger partial charge on any atom is -0.486 e. The molecule has 0 unspecified atom stereocenters. The van der Waals surface area contributed by atoms with Crippen molar-refractivity contribution in [1.82, 2.24) is 0 Å². The molecule has 0 radical (unpaired) electrons. The lowest BCUT2D eigenvalue weighted by atomic mass is 10.2. The van der Waals surface area contributed by atoms with Gasteiger partial charge in [-0.3, -0.25) is 4.79 Å². The second kappa shape index (κ2) is 4.65. The number of hydrogen-bond donors (Lipinski definition) is 0. The van der Waals surface area contributed by atoms with Gasteiger partial charge in [-0.2, -0.15) is 0 Å². The minimum absolute atomic E-state index is 0.0434. The molecule has 2 nitrogen and oxygen atoms in total. The highest BCUT2D eigenvalue weighted by atomic mass is 16.5. The summed E-state index contributed by atoms with van der Waals surface area (Å²) in [5, 5.41) is 0. The Bertz CT molecular complexity index is 292. The van der Waals surface area contributed by atoms with E-state index in [9.17, 15) is 4.79 Å². The van der Waals surface area contributed by atoms with Crippen molar-refractivity contribution in [1.29, 1.82) is 0 Å². The number of ether oxygens (including phenoxy) is 1. The fourth-order valence-electron chi connectivity index (χ4n) is 1.04. The summed E-state index contributed by atoms with van der Waals surface area (Å²) in [5.41, 5.74) is 1.22. The largest absolute Gasteiger partial charge is 0.486 e. The second-order valence-electron chi connectivity index (χ2n) is 2.99. The predicted octanol–water partition coefficient (Wildman–Crippen LogP) is 2.22. The van der Waals surface area contributed by atoms with Gasteiger partial charge in [0.15, 0.2) is 5.78 Å². The van der Waals surface area contributed by atoms with Crippen LogP contribution in [0.1, 0.15) is 19.4 Å². The van der Waals surface area contributed by atoms with Gasteiger partial charge in [0.1, 0.15) is 12.4 Å². The first-order valence-corrected chi connectivity index (χ1v) is 4.43. The lowest BCUT2D eigenvalue weighted by Gasteiger charge is -2.04. The molecule has 0 heterocycles. The van der Waals surface area contributed by atoms with Gasteiger partial charge >= 0.3 is 0 Å². The highest BCUT2D eigenvalue weighted by Crippen LogP contribution is 2.13. The number of carbonyl (C=O) groups is 1. The highest BCUT2D eigenvalue weighted by molar-refractivity contribution is 5.77. The lowest BCUT2D eigenvalue weighted by Crippen LogP contribution is -2.06. The number of ketones is 1. The van der Waals surface area contributed by atoms with Crippen molar-refractivity contribution in [2.24, 2.45) is 0 Å². The van der Waals surface area contributed by atoms with Crippen molar-refractivity contribution in [3.63, 3.8) is 0 Å². The van der Waals surface area contributed by atoms with Gasteiger partial charge in [-0.05, 0) is 31.0 Å². The number of hydrogen-bond acceptors (Lipinski definition) is 2. The second-order valence-corrected chi connectivity index (χ2v) is 2.99. The summed E-state index contributed by atoms with van der Waals surface area (Å²) in [7, 11) is 0. The normalized spacial score (nSPS) is 9.69. The summed E-state index contributed by atoms with van der Waals surface area (Å²) in [6.07, 6.45) is 0.983. The third-order valence-corrected chi connectivity index (χ3v) is 1.75. The molecule has 0 N–H and O–H groups in total. The molecular formula is C11H14O2. The van der Waals surface area contributed by atoms with Crippen LogP contribution in [0.4, 0.5) is 0 Å². The van der Waals surface area contributed by atoms with Crippen LogP contribution in [0.15, 0.2) is 24.3 Å². The van der Waals surface area contributed by atoms with E-state index < -0.39 is 0 Å². The first-order valence-electron chi connectivity index (χ1n) is 4.43. The zero-order valence-electron chi connectivity index (χ0n) is 8.04. The topological polar surface area (TPSA) is 26.3 Å². The summed E-state index contributed by atoms with van der Waals surface area (Å²) < 4.78 is 5.26. The first-order chi connectivity index (χ1) is 6.22. The van der Waals surface area contributed by atoms with E-state index in [0.717, 1.165) is 12.2 Å². The minimum atomic E-state index is 0.0434. The Hall–Kier alpha value is -1.31. The Kier molecular flexibility index (Phi) is 3.50. The summed E-state index contributed by atoms with van der Waals surface area (Å²) in [5.74, 6) is 0.816. The van der Waals surface area contributed by atoms with Crippen molar-refractivity contribution < 1.29 is 9.53 Å². The molecule has 0 aliphatic heterocycles. The monoisotopic (exact) mass is 178 g/mol. The third kappa shape index (κ3) is 3.28. The van der Waals surface area contributed by atoms with E-state index in [1.807, 2.05) is 24.3 Å². The quantitative estimate of drug-likeness (QED) is 0.706. The van der Waals surface area contributed by atoms with Gasteiger partial charge in [0.25, 0.3) is 0 Å². The van der Waals surface area contributed by atoms with Gasteiger partial charge < -0.3 is 4.74 Å². The summed E-state index contributed by atoms with van der Waals surface area (Å²) in [6, 6.07) is 7.81. The molecule has 0 amide bonds. The van der Waals surface area contributed by atoms with E-state index in [1.54, 1.807) is 0 Å². The van der Waals surface area contributed by atoms with E-state index in [4.69, 9.17) is 4.74 Å². The molecule has 0 fully saturated rings. The number of Topliss-reactive ketones (excluding diaryl/α,β-unsaturated/α-hetero) is 1. The fourth-order valence-corrected chi connectivity index (χ4v) is 1.04.